The summed E-state index contributed by atoms with van der Waals surface area (Å²) in [4.78, 5) is 14.4. The zero-order valence-electron chi connectivity index (χ0n) is 13.9. The number of carbonyl (C=O) groups is 1. The Kier molecular flexibility index (Phi) is 4.99. The Bertz CT molecular complexity index is 950. The smallest absolute Gasteiger partial charge is 0.248 e. The predicted molar refractivity (Wildman–Crippen MR) is 92.0 cm³/mol. The number of H-pyrrole nitrogens is 1. The Hall–Kier alpha value is -2.80. The number of aliphatic hydroxyl groups is 1. The zero-order valence-corrected chi connectivity index (χ0v) is 13.9. The molecule has 1 atom stereocenters. The number of hydrogen-bond donors (Lipinski definition) is 3. The molecule has 0 spiro atoms. The monoisotopic (exact) mass is 362 g/mol. The minimum atomic E-state index is -1.15. The van der Waals surface area contributed by atoms with Gasteiger partial charge in [0.1, 0.15) is 23.6 Å². The molecule has 7 heteroatoms. The molecule has 0 saturated carbocycles. The van der Waals surface area contributed by atoms with Gasteiger partial charge in [0, 0.05) is 23.7 Å². The molecule has 0 aliphatic rings. The highest BCUT2D eigenvalue weighted by atomic mass is 19.1. The maximum Gasteiger partial charge on any atom is 0.248 e. The first-order valence-corrected chi connectivity index (χ1v) is 8.08. The van der Waals surface area contributed by atoms with E-state index < -0.39 is 29.5 Å². The number of rotatable bonds is 5. The molecule has 0 bridgehead atoms. The summed E-state index contributed by atoms with van der Waals surface area (Å²) in [6.07, 6.45) is -0.877. The van der Waals surface area contributed by atoms with Crippen molar-refractivity contribution >= 4 is 16.8 Å². The topological polar surface area (TPSA) is 65.1 Å². The molecule has 0 saturated heterocycles. The SMILES string of the molecule is C[C@H](O)C(=O)NCCc1c(-c2ccc(F)cc2)[nH]c2c(F)cc(F)cc12. The van der Waals surface area contributed by atoms with Crippen LogP contribution in [0.5, 0.6) is 0 Å². The highest BCUT2D eigenvalue weighted by molar-refractivity contribution is 5.91. The van der Waals surface area contributed by atoms with Gasteiger partial charge in [-0.15, -0.1) is 0 Å². The van der Waals surface area contributed by atoms with E-state index in [-0.39, 0.29) is 18.5 Å². The second-order valence-corrected chi connectivity index (χ2v) is 6.01. The van der Waals surface area contributed by atoms with E-state index in [9.17, 15) is 23.1 Å². The number of carbonyl (C=O) groups excluding carboxylic acids is 1. The molecule has 0 aliphatic carbocycles. The molecule has 0 radical (unpaired) electrons. The predicted octanol–water partition coefficient (Wildman–Crippen LogP) is 3.29. The fourth-order valence-electron chi connectivity index (χ4n) is 2.85. The maximum atomic E-state index is 14.1. The Morgan fingerprint density at radius 2 is 1.85 bits per heavy atom. The van der Waals surface area contributed by atoms with Crippen molar-refractivity contribution in [3.05, 3.63) is 59.4 Å². The van der Waals surface area contributed by atoms with Crippen molar-refractivity contribution in [1.82, 2.24) is 10.3 Å². The van der Waals surface area contributed by atoms with Gasteiger partial charge in [0.05, 0.1) is 5.52 Å². The third-order valence-corrected chi connectivity index (χ3v) is 4.12. The van der Waals surface area contributed by atoms with Crippen molar-refractivity contribution in [3.8, 4) is 11.3 Å². The maximum absolute atomic E-state index is 14.1. The normalized spacial score (nSPS) is 12.3. The summed E-state index contributed by atoms with van der Waals surface area (Å²) in [5.41, 5.74) is 1.87. The van der Waals surface area contributed by atoms with Crippen LogP contribution in [0.1, 0.15) is 12.5 Å². The van der Waals surface area contributed by atoms with Crippen LogP contribution in [-0.2, 0) is 11.2 Å². The summed E-state index contributed by atoms with van der Waals surface area (Å²) < 4.78 is 41.0. The molecule has 3 rings (SSSR count). The van der Waals surface area contributed by atoms with Gasteiger partial charge in [-0.3, -0.25) is 4.79 Å². The fourth-order valence-corrected chi connectivity index (χ4v) is 2.85. The molecule has 1 amide bonds. The second kappa shape index (κ2) is 7.21. The number of benzene rings is 2. The molecule has 3 aromatic rings. The van der Waals surface area contributed by atoms with Crippen molar-refractivity contribution in [2.24, 2.45) is 0 Å². The van der Waals surface area contributed by atoms with E-state index in [2.05, 4.69) is 10.3 Å². The second-order valence-electron chi connectivity index (χ2n) is 6.01. The Morgan fingerprint density at radius 3 is 2.50 bits per heavy atom. The fraction of sp³-hybridized carbons (Fsp3) is 0.211. The first kappa shape index (κ1) is 18.0. The Morgan fingerprint density at radius 1 is 1.15 bits per heavy atom. The minimum absolute atomic E-state index is 0.141. The van der Waals surface area contributed by atoms with Crippen LogP contribution in [0, 0.1) is 17.5 Å². The van der Waals surface area contributed by atoms with Crippen molar-refractivity contribution in [2.45, 2.75) is 19.4 Å². The molecule has 3 N–H and O–H groups in total. The van der Waals surface area contributed by atoms with Crippen LogP contribution < -0.4 is 5.32 Å². The van der Waals surface area contributed by atoms with Gasteiger partial charge >= 0.3 is 0 Å². The Labute approximate surface area is 147 Å². The first-order chi connectivity index (χ1) is 12.4. The van der Waals surface area contributed by atoms with Crippen LogP contribution in [0.3, 0.4) is 0 Å². The molecule has 26 heavy (non-hydrogen) atoms. The van der Waals surface area contributed by atoms with Crippen LogP contribution in [0.15, 0.2) is 36.4 Å². The van der Waals surface area contributed by atoms with Gasteiger partial charge in [-0.1, -0.05) is 0 Å². The number of amides is 1. The van der Waals surface area contributed by atoms with Crippen LogP contribution in [0.4, 0.5) is 13.2 Å². The molecule has 2 aromatic carbocycles. The molecule has 4 nitrogen and oxygen atoms in total. The number of halogens is 3. The average Bonchev–Trinajstić information content (AvgIpc) is 2.94. The van der Waals surface area contributed by atoms with Gasteiger partial charge in [0.15, 0.2) is 0 Å². The zero-order chi connectivity index (χ0) is 18.8. The number of nitrogens with one attached hydrogen (secondary N) is 2. The third kappa shape index (κ3) is 3.57. The lowest BCUT2D eigenvalue weighted by Gasteiger charge is -2.09. The van der Waals surface area contributed by atoms with Crippen molar-refractivity contribution in [2.75, 3.05) is 6.54 Å². The largest absolute Gasteiger partial charge is 0.384 e. The number of aliphatic hydroxyl groups excluding tert-OH is 1. The summed E-state index contributed by atoms with van der Waals surface area (Å²) in [6, 6.07) is 7.62. The van der Waals surface area contributed by atoms with Crippen molar-refractivity contribution in [1.29, 1.82) is 0 Å². The van der Waals surface area contributed by atoms with E-state index in [1.807, 2.05) is 0 Å². The summed E-state index contributed by atoms with van der Waals surface area (Å²) in [6.45, 7) is 1.51. The van der Waals surface area contributed by atoms with E-state index in [4.69, 9.17) is 0 Å². The highest BCUT2D eigenvalue weighted by Gasteiger charge is 2.17. The van der Waals surface area contributed by atoms with E-state index in [1.165, 1.54) is 37.3 Å². The van der Waals surface area contributed by atoms with E-state index in [0.717, 1.165) is 6.07 Å². The van der Waals surface area contributed by atoms with Crippen molar-refractivity contribution < 1.29 is 23.1 Å². The van der Waals surface area contributed by atoms with Gasteiger partial charge < -0.3 is 15.4 Å². The molecular weight excluding hydrogens is 345 g/mol. The number of aromatic amines is 1. The van der Waals surface area contributed by atoms with Crippen LogP contribution in [0.2, 0.25) is 0 Å². The standard InChI is InChI=1S/C19H17F3N2O2/c1-10(25)19(26)23-7-6-14-15-8-13(21)9-16(22)18(15)24-17(14)11-2-4-12(20)5-3-11/h2-5,8-10,24-25H,6-7H2,1H3,(H,23,26)/t10-/m0/s1. The molecule has 1 heterocycles. The molecule has 136 valence electrons. The molecule has 0 aliphatic heterocycles. The van der Waals surface area contributed by atoms with Crippen molar-refractivity contribution in [3.63, 3.8) is 0 Å². The van der Waals surface area contributed by atoms with Gasteiger partial charge in [0.2, 0.25) is 5.91 Å². The summed E-state index contributed by atoms with van der Waals surface area (Å²) >= 11 is 0. The van der Waals surface area contributed by atoms with Gasteiger partial charge in [-0.25, -0.2) is 13.2 Å². The molecule has 1 aromatic heterocycles. The van der Waals surface area contributed by atoms with E-state index >= 15 is 0 Å². The molecule has 0 unspecified atom stereocenters. The third-order valence-electron chi connectivity index (χ3n) is 4.12. The molecule has 0 fully saturated rings. The van der Waals surface area contributed by atoms with Gasteiger partial charge in [0.25, 0.3) is 0 Å². The van der Waals surface area contributed by atoms with Gasteiger partial charge in [-0.2, -0.15) is 0 Å². The quantitative estimate of drug-likeness (QED) is 0.652. The number of hydrogen-bond acceptors (Lipinski definition) is 2. The summed E-state index contributed by atoms with van der Waals surface area (Å²) in [5, 5.41) is 12.1. The lowest BCUT2D eigenvalue weighted by Crippen LogP contribution is -2.33. The lowest BCUT2D eigenvalue weighted by atomic mass is 10.0. The first-order valence-electron chi connectivity index (χ1n) is 8.08. The van der Waals surface area contributed by atoms with Crippen LogP contribution in [0.25, 0.3) is 22.2 Å². The number of aromatic nitrogens is 1. The van der Waals surface area contributed by atoms with E-state index in [0.29, 0.717) is 22.2 Å². The van der Waals surface area contributed by atoms with E-state index in [1.54, 1.807) is 0 Å². The minimum Gasteiger partial charge on any atom is -0.384 e. The highest BCUT2D eigenvalue weighted by Crippen LogP contribution is 2.32. The average molecular weight is 362 g/mol. The number of fused-ring (bicyclic) bond motifs is 1. The summed E-state index contributed by atoms with van der Waals surface area (Å²) in [7, 11) is 0. The van der Waals surface area contributed by atoms with Crippen LogP contribution >= 0.6 is 0 Å². The summed E-state index contributed by atoms with van der Waals surface area (Å²) in [5.74, 6) is -2.39. The molecular formula is C19H17F3N2O2. The van der Waals surface area contributed by atoms with Gasteiger partial charge in [-0.05, 0) is 54.8 Å². The van der Waals surface area contributed by atoms with Crippen LogP contribution in [-0.4, -0.2) is 28.6 Å². The lowest BCUT2D eigenvalue weighted by molar-refractivity contribution is -0.128. The Balaban J connectivity index is 2.03.